The number of piperazine rings is 1. The number of carbonyl (C=O) groups is 4. The summed E-state index contributed by atoms with van der Waals surface area (Å²) in [4.78, 5) is 40.7. The molecule has 1 aromatic rings. The molecule has 0 saturated carbocycles. The summed E-state index contributed by atoms with van der Waals surface area (Å²) in [6.45, 7) is 7.32. The van der Waals surface area contributed by atoms with Gasteiger partial charge < -0.3 is 30.5 Å². The molecule has 1 atom stereocenters. The Bertz CT molecular complexity index is 839. The molecule has 1 saturated heterocycles. The number of nitrogens with zero attached hydrogens (tertiary/aromatic N) is 1. The van der Waals surface area contributed by atoms with Crippen molar-refractivity contribution in [3.63, 3.8) is 0 Å². The van der Waals surface area contributed by atoms with Crippen molar-refractivity contribution in [1.82, 2.24) is 10.2 Å². The van der Waals surface area contributed by atoms with Crippen molar-refractivity contribution in [3.05, 3.63) is 29.3 Å². The van der Waals surface area contributed by atoms with Crippen LogP contribution in [0.3, 0.4) is 0 Å². The molecule has 1 aromatic carbocycles. The van der Waals surface area contributed by atoms with Gasteiger partial charge >= 0.3 is 30.1 Å². The third kappa shape index (κ3) is 16.8. The van der Waals surface area contributed by atoms with Gasteiger partial charge in [0.25, 0.3) is 0 Å². The number of hydrogen-bond donors (Lipinski definition) is 5. The van der Waals surface area contributed by atoms with Crippen molar-refractivity contribution in [2.45, 2.75) is 58.3 Å². The molecule has 14 heteroatoms. The molecule has 11 nitrogen and oxygen atoms in total. The van der Waals surface area contributed by atoms with E-state index in [1.165, 1.54) is 12.1 Å². The summed E-state index contributed by atoms with van der Waals surface area (Å²) in [6.07, 6.45) is -5.51. The summed E-state index contributed by atoms with van der Waals surface area (Å²) in [5.74, 6) is -3.77. The normalized spacial score (nSPS) is 15.3. The van der Waals surface area contributed by atoms with Crippen LogP contribution < -0.4 is 10.1 Å². The zero-order chi connectivity index (χ0) is 28.6. The molecular formula is C23H33F3N2O9. The van der Waals surface area contributed by atoms with E-state index in [9.17, 15) is 32.3 Å². The van der Waals surface area contributed by atoms with Gasteiger partial charge in [-0.1, -0.05) is 0 Å². The van der Waals surface area contributed by atoms with E-state index in [4.69, 9.17) is 25.2 Å². The molecule has 37 heavy (non-hydrogen) atoms. The summed E-state index contributed by atoms with van der Waals surface area (Å²) in [6, 6.07) is 4.06. The lowest BCUT2D eigenvalue weighted by Crippen LogP contribution is -2.48. The molecule has 0 aromatic heterocycles. The van der Waals surface area contributed by atoms with Gasteiger partial charge in [0.15, 0.2) is 0 Å². The number of nitrogens with one attached hydrogen (secondary N) is 1. The number of ether oxygens (including phenoxy) is 1. The van der Waals surface area contributed by atoms with Gasteiger partial charge in [-0.15, -0.1) is 0 Å². The van der Waals surface area contributed by atoms with Crippen molar-refractivity contribution in [1.29, 1.82) is 0 Å². The SMILES string of the molecule is CCOc1ccc(C(F)(F)F)cc1CN1CCN[C@@H](C)C1.O=C(O)CCC(=O)O.O=C(O)CCC(=O)O. The van der Waals surface area contributed by atoms with Gasteiger partial charge in [-0.3, -0.25) is 24.1 Å². The molecule has 210 valence electrons. The number of aliphatic carboxylic acids is 4. The first-order chi connectivity index (χ1) is 17.1. The van der Waals surface area contributed by atoms with Crippen LogP contribution in [0, 0.1) is 0 Å². The minimum absolute atomic E-state index is 0.296. The lowest BCUT2D eigenvalue weighted by atomic mass is 10.1. The van der Waals surface area contributed by atoms with Crippen molar-refractivity contribution >= 4 is 23.9 Å². The van der Waals surface area contributed by atoms with Crippen molar-refractivity contribution in [2.24, 2.45) is 0 Å². The monoisotopic (exact) mass is 538 g/mol. The van der Waals surface area contributed by atoms with Crippen LogP contribution in [-0.4, -0.2) is 81.5 Å². The second kappa shape index (κ2) is 17.1. The van der Waals surface area contributed by atoms with E-state index in [0.29, 0.717) is 30.5 Å². The quantitative estimate of drug-likeness (QED) is 0.296. The summed E-state index contributed by atoms with van der Waals surface area (Å²) in [5, 5.41) is 34.9. The largest absolute Gasteiger partial charge is 0.494 e. The lowest BCUT2D eigenvalue weighted by molar-refractivity contribution is -0.143. The van der Waals surface area contributed by atoms with E-state index < -0.39 is 35.6 Å². The van der Waals surface area contributed by atoms with Crippen LogP contribution in [0.2, 0.25) is 0 Å². The molecule has 2 rings (SSSR count). The van der Waals surface area contributed by atoms with Gasteiger partial charge in [0.1, 0.15) is 5.75 Å². The van der Waals surface area contributed by atoms with Gasteiger partial charge in [-0.2, -0.15) is 13.2 Å². The third-order valence-electron chi connectivity index (χ3n) is 4.64. The number of halogens is 3. The molecule has 0 amide bonds. The molecule has 5 N–H and O–H groups in total. The van der Waals surface area contributed by atoms with Crippen LogP contribution in [-0.2, 0) is 31.9 Å². The average molecular weight is 539 g/mol. The van der Waals surface area contributed by atoms with E-state index in [2.05, 4.69) is 17.1 Å². The van der Waals surface area contributed by atoms with Gasteiger partial charge in [-0.25, -0.2) is 0 Å². The molecule has 1 fully saturated rings. The van der Waals surface area contributed by atoms with Gasteiger partial charge in [0.05, 0.1) is 37.9 Å². The third-order valence-corrected chi connectivity index (χ3v) is 4.64. The fourth-order valence-corrected chi connectivity index (χ4v) is 3.00. The van der Waals surface area contributed by atoms with Gasteiger partial charge in [0, 0.05) is 37.8 Å². The molecule has 0 radical (unpaired) electrons. The predicted molar refractivity (Wildman–Crippen MR) is 124 cm³/mol. The van der Waals surface area contributed by atoms with Crippen LogP contribution in [0.15, 0.2) is 18.2 Å². The van der Waals surface area contributed by atoms with Crippen LogP contribution in [0.4, 0.5) is 13.2 Å². The van der Waals surface area contributed by atoms with Crippen LogP contribution in [0.1, 0.15) is 50.7 Å². The van der Waals surface area contributed by atoms with E-state index >= 15 is 0 Å². The van der Waals surface area contributed by atoms with Crippen LogP contribution in [0.5, 0.6) is 5.75 Å². The fraction of sp³-hybridized carbons (Fsp3) is 0.565. The summed E-state index contributed by atoms with van der Waals surface area (Å²) >= 11 is 0. The molecule has 0 spiro atoms. The number of carboxylic acid groups (broad SMARTS) is 4. The van der Waals surface area contributed by atoms with Crippen LogP contribution >= 0.6 is 0 Å². The molecule has 1 aliphatic heterocycles. The minimum Gasteiger partial charge on any atom is -0.494 e. The molecule has 1 heterocycles. The van der Waals surface area contributed by atoms with Gasteiger partial charge in [-0.05, 0) is 32.0 Å². The van der Waals surface area contributed by atoms with Crippen molar-refractivity contribution < 1.29 is 57.5 Å². The summed E-state index contributed by atoms with van der Waals surface area (Å²) in [5.41, 5.74) is -0.0232. The topological polar surface area (TPSA) is 174 Å². The number of benzene rings is 1. The highest BCUT2D eigenvalue weighted by Gasteiger charge is 2.31. The van der Waals surface area contributed by atoms with Crippen molar-refractivity contribution in [2.75, 3.05) is 26.2 Å². The Morgan fingerprint density at radius 1 is 0.973 bits per heavy atom. The second-order valence-electron chi connectivity index (χ2n) is 7.92. The number of rotatable bonds is 10. The first kappa shape index (κ1) is 33.6. The Labute approximate surface area is 211 Å². The zero-order valence-electron chi connectivity index (χ0n) is 20.6. The van der Waals surface area contributed by atoms with E-state index in [0.717, 1.165) is 25.7 Å². The van der Waals surface area contributed by atoms with E-state index in [1.807, 2.05) is 6.92 Å². The molecule has 1 aliphatic rings. The molecule has 0 bridgehead atoms. The van der Waals surface area contributed by atoms with Crippen LogP contribution in [0.25, 0.3) is 0 Å². The fourth-order valence-electron chi connectivity index (χ4n) is 3.00. The number of alkyl halides is 3. The molecular weight excluding hydrogens is 505 g/mol. The Kier molecular flexibility index (Phi) is 15.6. The zero-order valence-corrected chi connectivity index (χ0v) is 20.6. The molecule has 0 unspecified atom stereocenters. The van der Waals surface area contributed by atoms with E-state index in [-0.39, 0.29) is 25.7 Å². The average Bonchev–Trinajstić information content (AvgIpc) is 2.78. The Morgan fingerprint density at radius 3 is 1.84 bits per heavy atom. The maximum absolute atomic E-state index is 12.9. The highest BCUT2D eigenvalue weighted by Crippen LogP contribution is 2.33. The maximum atomic E-state index is 12.9. The maximum Gasteiger partial charge on any atom is 0.416 e. The minimum atomic E-state index is -4.32. The lowest BCUT2D eigenvalue weighted by Gasteiger charge is -2.32. The first-order valence-electron chi connectivity index (χ1n) is 11.3. The first-order valence-corrected chi connectivity index (χ1v) is 11.3. The number of carboxylic acids is 4. The highest BCUT2D eigenvalue weighted by atomic mass is 19.4. The highest BCUT2D eigenvalue weighted by molar-refractivity contribution is 5.75. The smallest absolute Gasteiger partial charge is 0.416 e. The number of hydrogen-bond acceptors (Lipinski definition) is 7. The van der Waals surface area contributed by atoms with Gasteiger partial charge in [0.2, 0.25) is 0 Å². The Morgan fingerprint density at radius 2 is 1.46 bits per heavy atom. The van der Waals surface area contributed by atoms with Crippen molar-refractivity contribution in [3.8, 4) is 5.75 Å². The summed E-state index contributed by atoms with van der Waals surface area (Å²) < 4.78 is 44.0. The Balaban J connectivity index is 0.000000669. The second-order valence-corrected chi connectivity index (χ2v) is 7.92. The summed E-state index contributed by atoms with van der Waals surface area (Å²) in [7, 11) is 0. The predicted octanol–water partition coefficient (Wildman–Crippen LogP) is 2.77. The molecule has 0 aliphatic carbocycles. The standard InChI is InChI=1S/C15H21F3N2O.2C4H6O4/c1-3-21-14-5-4-13(15(16,17)18)8-12(14)10-20-7-6-19-11(2)9-20;2*5-3(6)1-2-4(7)8/h4-5,8,11,19H,3,6-7,9-10H2,1-2H3;2*1-2H2,(H,5,6)(H,7,8)/t11-;;/m0../s1. The Hall–Kier alpha value is -3.39. The van der Waals surface area contributed by atoms with E-state index in [1.54, 1.807) is 0 Å².